The number of hydrogen-bond donors (Lipinski definition) is 2. The molecule has 1 aromatic rings. The van der Waals surface area contributed by atoms with Crippen LogP contribution in [-0.2, 0) is 14.6 Å². The van der Waals surface area contributed by atoms with Crippen molar-refractivity contribution >= 4 is 33.3 Å². The topological polar surface area (TPSA) is 101 Å². The molecule has 0 aromatic heterocycles. The van der Waals surface area contributed by atoms with Crippen molar-refractivity contribution in [3.63, 3.8) is 0 Å². The predicted molar refractivity (Wildman–Crippen MR) is 73.7 cm³/mol. The molecule has 116 valence electrons. The summed E-state index contributed by atoms with van der Waals surface area (Å²) in [5, 5.41) is 9.31. The van der Waals surface area contributed by atoms with Gasteiger partial charge in [-0.05, 0) is 26.0 Å². The largest absolute Gasteiger partial charge is 0.478 e. The number of carbonyl (C=O) groups is 2. The zero-order valence-corrected chi connectivity index (χ0v) is 12.8. The Kier molecular flexibility index (Phi) is 5.30. The summed E-state index contributed by atoms with van der Waals surface area (Å²) in [5.41, 5.74) is -0.871. The highest BCUT2D eigenvalue weighted by Gasteiger charge is 2.33. The number of sulfone groups is 1. The first kappa shape index (κ1) is 17.4. The molecule has 0 aliphatic carbocycles. The first-order valence-electron chi connectivity index (χ1n) is 5.86. The fourth-order valence-corrected chi connectivity index (χ4v) is 3.26. The first-order chi connectivity index (χ1) is 9.62. The van der Waals surface area contributed by atoms with Crippen molar-refractivity contribution in [2.45, 2.75) is 24.0 Å². The van der Waals surface area contributed by atoms with Crippen molar-refractivity contribution in [3.05, 3.63) is 28.5 Å². The fraction of sp³-hybridized carbons (Fsp3) is 0.333. The summed E-state index contributed by atoms with van der Waals surface area (Å²) < 4.78 is 38.5. The lowest BCUT2D eigenvalue weighted by atomic mass is 10.2. The molecule has 0 spiro atoms. The van der Waals surface area contributed by atoms with Gasteiger partial charge < -0.3 is 10.4 Å². The minimum atomic E-state index is -4.40. The van der Waals surface area contributed by atoms with Crippen LogP contribution in [0.4, 0.5) is 4.39 Å². The number of benzene rings is 1. The summed E-state index contributed by atoms with van der Waals surface area (Å²) >= 11 is 5.62. The van der Waals surface area contributed by atoms with E-state index in [9.17, 15) is 22.4 Å². The quantitative estimate of drug-likeness (QED) is 0.847. The van der Waals surface area contributed by atoms with Crippen LogP contribution in [0.1, 0.15) is 24.2 Å². The first-order valence-corrected chi connectivity index (χ1v) is 7.79. The van der Waals surface area contributed by atoms with Gasteiger partial charge in [0.1, 0.15) is 10.1 Å². The van der Waals surface area contributed by atoms with Gasteiger partial charge >= 0.3 is 5.97 Å². The van der Waals surface area contributed by atoms with Gasteiger partial charge in [0.05, 0.1) is 5.56 Å². The van der Waals surface area contributed by atoms with E-state index in [4.69, 9.17) is 16.7 Å². The van der Waals surface area contributed by atoms with E-state index in [-0.39, 0.29) is 11.6 Å². The van der Waals surface area contributed by atoms with Crippen LogP contribution in [0.15, 0.2) is 17.0 Å². The van der Waals surface area contributed by atoms with E-state index in [0.29, 0.717) is 0 Å². The van der Waals surface area contributed by atoms with Crippen molar-refractivity contribution in [1.29, 1.82) is 0 Å². The number of nitrogens with one attached hydrogen (secondary N) is 1. The van der Waals surface area contributed by atoms with E-state index in [2.05, 4.69) is 5.32 Å². The van der Waals surface area contributed by atoms with Crippen LogP contribution < -0.4 is 5.32 Å². The van der Waals surface area contributed by atoms with Crippen molar-refractivity contribution < 1.29 is 27.5 Å². The van der Waals surface area contributed by atoms with E-state index in [1.165, 1.54) is 0 Å². The molecule has 21 heavy (non-hydrogen) atoms. The maximum atomic E-state index is 14.1. The molecule has 1 rings (SSSR count). The zero-order chi connectivity index (χ0) is 16.4. The highest BCUT2D eigenvalue weighted by molar-refractivity contribution is 7.92. The Morgan fingerprint density at radius 2 is 2.00 bits per heavy atom. The fourth-order valence-electron chi connectivity index (χ4n) is 1.58. The van der Waals surface area contributed by atoms with Crippen molar-refractivity contribution in [2.24, 2.45) is 0 Å². The van der Waals surface area contributed by atoms with E-state index in [1.807, 2.05) is 0 Å². The molecule has 0 saturated heterocycles. The molecule has 1 atom stereocenters. The smallest absolute Gasteiger partial charge is 0.338 e. The number of aromatic carboxylic acids is 1. The van der Waals surface area contributed by atoms with Crippen LogP contribution in [0.25, 0.3) is 0 Å². The minimum absolute atomic E-state index is 0.205. The van der Waals surface area contributed by atoms with Crippen LogP contribution in [0.5, 0.6) is 0 Å². The Labute approximate surface area is 125 Å². The van der Waals surface area contributed by atoms with Crippen molar-refractivity contribution in [1.82, 2.24) is 5.32 Å². The highest BCUT2D eigenvalue weighted by Crippen LogP contribution is 2.26. The number of rotatable bonds is 5. The normalized spacial score (nSPS) is 12.8. The molecule has 0 fully saturated rings. The molecular weight excluding hydrogens is 325 g/mol. The standard InChI is InChI=1S/C12H13ClFNO5S/c1-3-15-11(16)6(2)21(19,20)9-5-7(13)4-8(10(9)14)12(17)18/h4-6H,3H2,1-2H3,(H,15,16)(H,17,18). The van der Waals surface area contributed by atoms with E-state index < -0.39 is 43.2 Å². The van der Waals surface area contributed by atoms with Crippen molar-refractivity contribution in [3.8, 4) is 0 Å². The van der Waals surface area contributed by atoms with Gasteiger partial charge in [-0.3, -0.25) is 4.79 Å². The number of carboxylic acids is 1. The van der Waals surface area contributed by atoms with Crippen LogP contribution in [0.3, 0.4) is 0 Å². The van der Waals surface area contributed by atoms with Crippen LogP contribution in [0, 0.1) is 5.82 Å². The number of carboxylic acid groups (broad SMARTS) is 1. The maximum absolute atomic E-state index is 14.1. The molecule has 2 N–H and O–H groups in total. The van der Waals surface area contributed by atoms with Crippen molar-refractivity contribution in [2.75, 3.05) is 6.54 Å². The molecule has 6 nitrogen and oxygen atoms in total. The SMILES string of the molecule is CCNC(=O)C(C)S(=O)(=O)c1cc(Cl)cc(C(=O)O)c1F. The number of amides is 1. The second kappa shape index (κ2) is 6.40. The van der Waals surface area contributed by atoms with Gasteiger partial charge in [0, 0.05) is 11.6 Å². The van der Waals surface area contributed by atoms with E-state index >= 15 is 0 Å². The molecule has 0 aliphatic rings. The molecule has 1 aromatic carbocycles. The van der Waals surface area contributed by atoms with Crippen LogP contribution in [-0.4, -0.2) is 37.2 Å². The summed E-state index contributed by atoms with van der Waals surface area (Å²) in [4.78, 5) is 21.6. The molecule has 9 heteroatoms. The molecule has 1 amide bonds. The summed E-state index contributed by atoms with van der Waals surface area (Å²) in [6.07, 6.45) is 0. The van der Waals surface area contributed by atoms with Crippen LogP contribution >= 0.6 is 11.6 Å². The molecule has 1 unspecified atom stereocenters. The molecule has 0 saturated carbocycles. The Morgan fingerprint density at radius 3 is 2.48 bits per heavy atom. The second-order valence-electron chi connectivity index (χ2n) is 4.15. The predicted octanol–water partition coefficient (Wildman–Crippen LogP) is 1.48. The molecule has 0 heterocycles. The average Bonchev–Trinajstić information content (AvgIpc) is 2.39. The minimum Gasteiger partial charge on any atom is -0.478 e. The highest BCUT2D eigenvalue weighted by atomic mass is 35.5. The zero-order valence-electron chi connectivity index (χ0n) is 11.2. The second-order valence-corrected chi connectivity index (χ2v) is 6.83. The Morgan fingerprint density at radius 1 is 1.43 bits per heavy atom. The third-order valence-electron chi connectivity index (χ3n) is 2.73. The van der Waals surface area contributed by atoms with E-state index in [0.717, 1.165) is 19.1 Å². The van der Waals surface area contributed by atoms with E-state index in [1.54, 1.807) is 6.92 Å². The Balaban J connectivity index is 3.45. The molecular formula is C12H13ClFNO5S. The van der Waals surface area contributed by atoms with Gasteiger partial charge in [-0.1, -0.05) is 11.6 Å². The van der Waals surface area contributed by atoms with Gasteiger partial charge in [-0.2, -0.15) is 0 Å². The lowest BCUT2D eigenvalue weighted by molar-refractivity contribution is -0.120. The van der Waals surface area contributed by atoms with Gasteiger partial charge in [-0.25, -0.2) is 17.6 Å². The molecule has 0 radical (unpaired) electrons. The number of carbonyl (C=O) groups excluding carboxylic acids is 1. The Bertz CT molecular complexity index is 689. The lowest BCUT2D eigenvalue weighted by Gasteiger charge is -2.14. The Hall–Kier alpha value is -1.67. The van der Waals surface area contributed by atoms with Gasteiger partial charge in [0.25, 0.3) is 0 Å². The summed E-state index contributed by atoms with van der Waals surface area (Å²) in [6.45, 7) is 2.89. The maximum Gasteiger partial charge on any atom is 0.338 e. The number of hydrogen-bond acceptors (Lipinski definition) is 4. The molecule has 0 bridgehead atoms. The summed E-state index contributed by atoms with van der Waals surface area (Å²) in [5.74, 6) is -3.91. The monoisotopic (exact) mass is 337 g/mol. The lowest BCUT2D eigenvalue weighted by Crippen LogP contribution is -2.38. The third-order valence-corrected chi connectivity index (χ3v) is 5.00. The molecule has 0 aliphatic heterocycles. The van der Waals surface area contributed by atoms with Gasteiger partial charge in [-0.15, -0.1) is 0 Å². The summed E-state index contributed by atoms with van der Waals surface area (Å²) in [7, 11) is -4.40. The van der Waals surface area contributed by atoms with Crippen LogP contribution in [0.2, 0.25) is 5.02 Å². The number of halogens is 2. The van der Waals surface area contributed by atoms with Gasteiger partial charge in [0.2, 0.25) is 5.91 Å². The van der Waals surface area contributed by atoms with Gasteiger partial charge in [0.15, 0.2) is 15.7 Å². The third kappa shape index (κ3) is 3.51. The summed E-state index contributed by atoms with van der Waals surface area (Å²) in [6, 6.07) is 1.59. The average molecular weight is 338 g/mol.